The van der Waals surface area contributed by atoms with E-state index >= 15 is 0 Å². The number of nitrogens with two attached hydrogens (primary N) is 1. The first-order valence-corrected chi connectivity index (χ1v) is 3.46. The SMILES string of the molecule is CCC(COC)N=C(N)NO. The molecule has 0 fully saturated rings. The van der Waals surface area contributed by atoms with Gasteiger partial charge in [-0.2, -0.15) is 0 Å². The Kier molecular flexibility index (Phi) is 5.50. The molecule has 0 aliphatic carbocycles. The van der Waals surface area contributed by atoms with Crippen LogP contribution in [0.2, 0.25) is 0 Å². The Hall–Kier alpha value is -0.810. The third-order valence-electron chi connectivity index (χ3n) is 1.27. The lowest BCUT2D eigenvalue weighted by Crippen LogP contribution is -2.31. The zero-order chi connectivity index (χ0) is 8.69. The van der Waals surface area contributed by atoms with Crippen molar-refractivity contribution in [2.45, 2.75) is 19.4 Å². The van der Waals surface area contributed by atoms with E-state index in [9.17, 15) is 0 Å². The van der Waals surface area contributed by atoms with Crippen LogP contribution in [-0.2, 0) is 4.74 Å². The lowest BCUT2D eigenvalue weighted by atomic mass is 10.2. The van der Waals surface area contributed by atoms with Crippen LogP contribution in [0.25, 0.3) is 0 Å². The highest BCUT2D eigenvalue weighted by molar-refractivity contribution is 5.76. The van der Waals surface area contributed by atoms with Gasteiger partial charge in [0.2, 0.25) is 5.96 Å². The van der Waals surface area contributed by atoms with Crippen molar-refractivity contribution in [2.75, 3.05) is 13.7 Å². The highest BCUT2D eigenvalue weighted by Crippen LogP contribution is 1.96. The van der Waals surface area contributed by atoms with Crippen LogP contribution in [0, 0.1) is 0 Å². The van der Waals surface area contributed by atoms with E-state index in [1.807, 2.05) is 6.92 Å². The Morgan fingerprint density at radius 3 is 2.82 bits per heavy atom. The van der Waals surface area contributed by atoms with Crippen LogP contribution in [0.15, 0.2) is 4.99 Å². The number of methoxy groups -OCH3 is 1. The molecule has 0 aromatic rings. The van der Waals surface area contributed by atoms with E-state index in [1.165, 1.54) is 0 Å². The van der Waals surface area contributed by atoms with Gasteiger partial charge in [0.15, 0.2) is 0 Å². The summed E-state index contributed by atoms with van der Waals surface area (Å²) in [7, 11) is 1.60. The minimum atomic E-state index is 0.0136. The average molecular weight is 161 g/mol. The fourth-order valence-corrected chi connectivity index (χ4v) is 0.664. The monoisotopic (exact) mass is 161 g/mol. The zero-order valence-corrected chi connectivity index (χ0v) is 6.87. The van der Waals surface area contributed by atoms with Crippen molar-refractivity contribution < 1.29 is 9.94 Å². The largest absolute Gasteiger partial charge is 0.382 e. The van der Waals surface area contributed by atoms with Gasteiger partial charge in [0, 0.05) is 7.11 Å². The number of hydroxylamine groups is 1. The van der Waals surface area contributed by atoms with Crippen molar-refractivity contribution in [3.63, 3.8) is 0 Å². The first-order valence-electron chi connectivity index (χ1n) is 3.46. The number of hydrogen-bond donors (Lipinski definition) is 3. The van der Waals surface area contributed by atoms with E-state index in [0.29, 0.717) is 6.61 Å². The Labute approximate surface area is 66.2 Å². The van der Waals surface area contributed by atoms with E-state index in [2.05, 4.69) is 4.99 Å². The van der Waals surface area contributed by atoms with Crippen LogP contribution in [0.3, 0.4) is 0 Å². The van der Waals surface area contributed by atoms with Gasteiger partial charge in [0.1, 0.15) is 0 Å². The van der Waals surface area contributed by atoms with Gasteiger partial charge in [-0.15, -0.1) is 0 Å². The van der Waals surface area contributed by atoms with Crippen molar-refractivity contribution in [1.29, 1.82) is 0 Å². The molecule has 0 aromatic heterocycles. The molecule has 0 heterocycles. The molecule has 5 heteroatoms. The van der Waals surface area contributed by atoms with Gasteiger partial charge >= 0.3 is 0 Å². The second-order valence-corrected chi connectivity index (χ2v) is 2.14. The van der Waals surface area contributed by atoms with Gasteiger partial charge in [-0.1, -0.05) is 6.92 Å². The predicted molar refractivity (Wildman–Crippen MR) is 42.5 cm³/mol. The fourth-order valence-electron chi connectivity index (χ4n) is 0.664. The normalized spacial score (nSPS) is 14.6. The summed E-state index contributed by atoms with van der Waals surface area (Å²) in [6.45, 7) is 2.48. The third kappa shape index (κ3) is 4.58. The maximum Gasteiger partial charge on any atom is 0.213 e. The molecule has 0 bridgehead atoms. The number of aliphatic imine (C=N–C) groups is 1. The second kappa shape index (κ2) is 5.94. The van der Waals surface area contributed by atoms with Gasteiger partial charge in [0.25, 0.3) is 0 Å². The number of hydrogen-bond acceptors (Lipinski definition) is 3. The number of nitrogens with one attached hydrogen (secondary N) is 1. The number of guanidine groups is 1. The summed E-state index contributed by atoms with van der Waals surface area (Å²) in [6, 6.07) is 0.0136. The lowest BCUT2D eigenvalue weighted by molar-refractivity contribution is 0.177. The van der Waals surface area contributed by atoms with Crippen molar-refractivity contribution in [3.05, 3.63) is 0 Å². The number of nitrogens with zero attached hydrogens (tertiary/aromatic N) is 1. The molecule has 0 saturated carbocycles. The van der Waals surface area contributed by atoms with Crippen molar-refractivity contribution in [1.82, 2.24) is 5.48 Å². The minimum Gasteiger partial charge on any atom is -0.382 e. The highest BCUT2D eigenvalue weighted by Gasteiger charge is 2.02. The summed E-state index contributed by atoms with van der Waals surface area (Å²) >= 11 is 0. The molecule has 0 radical (unpaired) electrons. The second-order valence-electron chi connectivity index (χ2n) is 2.14. The molecule has 0 amide bonds. The van der Waals surface area contributed by atoms with Crippen LogP contribution in [0.5, 0.6) is 0 Å². The summed E-state index contributed by atoms with van der Waals surface area (Å²) in [6.07, 6.45) is 0.830. The van der Waals surface area contributed by atoms with E-state index in [-0.39, 0.29) is 12.0 Å². The molecule has 1 atom stereocenters. The molecule has 0 rings (SSSR count). The number of rotatable bonds is 4. The highest BCUT2D eigenvalue weighted by atomic mass is 16.5. The molecule has 66 valence electrons. The molecule has 0 aliphatic heterocycles. The van der Waals surface area contributed by atoms with Gasteiger partial charge in [-0.05, 0) is 6.42 Å². The summed E-state index contributed by atoms with van der Waals surface area (Å²) in [5.41, 5.74) is 6.97. The first-order chi connectivity index (χ1) is 5.24. The first kappa shape index (κ1) is 10.2. The summed E-state index contributed by atoms with van der Waals surface area (Å²) in [4.78, 5) is 3.91. The molecule has 0 aromatic carbocycles. The molecule has 0 aliphatic rings. The molecule has 4 N–H and O–H groups in total. The fraction of sp³-hybridized carbons (Fsp3) is 0.833. The molecule has 5 nitrogen and oxygen atoms in total. The van der Waals surface area contributed by atoms with Crippen LogP contribution in [0.4, 0.5) is 0 Å². The Bertz CT molecular complexity index is 127. The van der Waals surface area contributed by atoms with Crippen molar-refractivity contribution in [2.24, 2.45) is 10.7 Å². The topological polar surface area (TPSA) is 79.9 Å². The van der Waals surface area contributed by atoms with Crippen LogP contribution in [-0.4, -0.2) is 30.9 Å². The minimum absolute atomic E-state index is 0.0136. The average Bonchev–Trinajstić information content (AvgIpc) is 2.03. The quantitative estimate of drug-likeness (QED) is 0.300. The third-order valence-corrected chi connectivity index (χ3v) is 1.27. The van der Waals surface area contributed by atoms with Gasteiger partial charge in [-0.25, -0.2) is 10.5 Å². The summed E-state index contributed by atoms with van der Waals surface area (Å²) in [5.74, 6) is 0.0221. The Balaban J connectivity index is 3.84. The van der Waals surface area contributed by atoms with E-state index in [1.54, 1.807) is 12.6 Å². The zero-order valence-electron chi connectivity index (χ0n) is 6.87. The van der Waals surface area contributed by atoms with Gasteiger partial charge in [0.05, 0.1) is 12.6 Å². The van der Waals surface area contributed by atoms with E-state index in [4.69, 9.17) is 15.7 Å². The number of ether oxygens (including phenoxy) is 1. The molecular weight excluding hydrogens is 146 g/mol. The maximum absolute atomic E-state index is 8.30. The summed E-state index contributed by atoms with van der Waals surface area (Å²) in [5, 5.41) is 8.30. The molecule has 11 heavy (non-hydrogen) atoms. The van der Waals surface area contributed by atoms with Crippen LogP contribution >= 0.6 is 0 Å². The Morgan fingerprint density at radius 2 is 2.45 bits per heavy atom. The smallest absolute Gasteiger partial charge is 0.213 e. The molecule has 0 saturated heterocycles. The summed E-state index contributed by atoms with van der Waals surface area (Å²) < 4.78 is 4.87. The lowest BCUT2D eigenvalue weighted by Gasteiger charge is -2.08. The predicted octanol–water partition coefficient (Wildman–Crippen LogP) is -0.295. The van der Waals surface area contributed by atoms with E-state index < -0.39 is 0 Å². The molecule has 0 spiro atoms. The van der Waals surface area contributed by atoms with Gasteiger partial charge < -0.3 is 10.5 Å². The van der Waals surface area contributed by atoms with Crippen molar-refractivity contribution in [3.8, 4) is 0 Å². The van der Waals surface area contributed by atoms with Gasteiger partial charge in [-0.3, -0.25) is 5.21 Å². The Morgan fingerprint density at radius 1 is 1.82 bits per heavy atom. The van der Waals surface area contributed by atoms with Crippen LogP contribution < -0.4 is 11.2 Å². The molecule has 1 unspecified atom stereocenters. The van der Waals surface area contributed by atoms with E-state index in [0.717, 1.165) is 6.42 Å². The van der Waals surface area contributed by atoms with Crippen LogP contribution in [0.1, 0.15) is 13.3 Å². The van der Waals surface area contributed by atoms with Crippen molar-refractivity contribution >= 4 is 5.96 Å². The molecular formula is C6H15N3O2. The standard InChI is InChI=1S/C6H15N3O2/c1-3-5(4-11-2)8-6(7)9-10/h5,10H,3-4H2,1-2H3,(H3,7,8,9). The maximum atomic E-state index is 8.30.